The third-order valence-electron chi connectivity index (χ3n) is 10.7. The molecule has 9 N–H and O–H groups in total. The number of esters is 2. The summed E-state index contributed by atoms with van der Waals surface area (Å²) in [5.41, 5.74) is 0. The van der Waals surface area contributed by atoms with Gasteiger partial charge in [-0.1, -0.05) is 142 Å². The lowest BCUT2D eigenvalue weighted by Crippen LogP contribution is -2.65. The van der Waals surface area contributed by atoms with Crippen LogP contribution in [-0.2, 0) is 59.9 Å². The summed E-state index contributed by atoms with van der Waals surface area (Å²) in [4.78, 5) is 92.6. The number of phosphoric acid groups is 4. The molecule has 392 valence electrons. The fraction of sp³-hybridized carbons (Fsp3) is 0.949. The summed E-state index contributed by atoms with van der Waals surface area (Å²) < 4.78 is 82.0. The van der Waals surface area contributed by atoms with Gasteiger partial charge in [-0.15, -0.1) is 0 Å². The molecular formula is C39H78O22P4S. The van der Waals surface area contributed by atoms with Gasteiger partial charge in [0.15, 0.2) is 6.10 Å². The Kier molecular flexibility index (Phi) is 33.7. The number of rotatable bonds is 41. The first-order valence-corrected chi connectivity index (χ1v) is 29.9. The van der Waals surface area contributed by atoms with Gasteiger partial charge in [-0.2, -0.15) is 12.6 Å². The van der Waals surface area contributed by atoms with E-state index < -0.39 is 99.2 Å². The largest absolute Gasteiger partial charge is 0.472 e. The SMILES string of the molecule is CCCCCCCCCCCCCCCC(=O)O[C@H](COC(=O)CCCCCCCCCCCCCS)COP(=O)(O)OC1C(O)[C@H](OP(=O)(O)O)C(OP(=O)(O)O)[C@H](OP(=O)(O)O)[C@@H]1O. The third-order valence-corrected chi connectivity index (χ3v) is 13.6. The van der Waals surface area contributed by atoms with Gasteiger partial charge in [-0.3, -0.25) is 32.2 Å². The summed E-state index contributed by atoms with van der Waals surface area (Å²) in [6.45, 7) is 0.548. The van der Waals surface area contributed by atoms with E-state index in [-0.39, 0.29) is 12.8 Å². The van der Waals surface area contributed by atoms with E-state index in [1.165, 1.54) is 70.6 Å². The van der Waals surface area contributed by atoms with E-state index in [1.807, 2.05) is 0 Å². The van der Waals surface area contributed by atoms with Crippen molar-refractivity contribution < 1.29 is 104 Å². The van der Waals surface area contributed by atoms with E-state index in [9.17, 15) is 72.3 Å². The maximum absolute atomic E-state index is 13.2. The Morgan fingerprint density at radius 3 is 1.20 bits per heavy atom. The second-order valence-corrected chi connectivity index (χ2v) is 22.1. The average Bonchev–Trinajstić information content (AvgIpc) is 3.21. The maximum Gasteiger partial charge on any atom is 0.472 e. The summed E-state index contributed by atoms with van der Waals surface area (Å²) >= 11 is 4.23. The van der Waals surface area contributed by atoms with Crippen molar-refractivity contribution in [1.82, 2.24) is 0 Å². The van der Waals surface area contributed by atoms with Gasteiger partial charge in [-0.05, 0) is 25.0 Å². The van der Waals surface area contributed by atoms with Crippen LogP contribution in [0.5, 0.6) is 0 Å². The molecule has 8 atom stereocenters. The van der Waals surface area contributed by atoms with Crippen molar-refractivity contribution in [2.24, 2.45) is 0 Å². The Bertz CT molecular complexity index is 1470. The van der Waals surface area contributed by atoms with Crippen LogP contribution in [-0.4, -0.2) is 118 Å². The maximum atomic E-state index is 13.2. The van der Waals surface area contributed by atoms with Crippen LogP contribution in [0.1, 0.15) is 174 Å². The minimum absolute atomic E-state index is 0.0348. The zero-order valence-electron chi connectivity index (χ0n) is 38.1. The molecule has 4 unspecified atom stereocenters. The van der Waals surface area contributed by atoms with Crippen molar-refractivity contribution in [3.63, 3.8) is 0 Å². The van der Waals surface area contributed by atoms with Gasteiger partial charge in [0.05, 0.1) is 6.61 Å². The number of aliphatic hydroxyl groups excluding tert-OH is 2. The molecule has 0 aromatic heterocycles. The minimum atomic E-state index is -5.78. The molecule has 1 aliphatic rings. The van der Waals surface area contributed by atoms with Crippen molar-refractivity contribution in [2.45, 2.75) is 217 Å². The zero-order chi connectivity index (χ0) is 49.7. The number of hydrogen-bond donors (Lipinski definition) is 10. The number of carbonyl (C=O) groups excluding carboxylic acids is 2. The van der Waals surface area contributed by atoms with Crippen molar-refractivity contribution in [2.75, 3.05) is 19.0 Å². The molecule has 66 heavy (non-hydrogen) atoms. The van der Waals surface area contributed by atoms with Gasteiger partial charge in [0.1, 0.15) is 43.2 Å². The van der Waals surface area contributed by atoms with E-state index in [2.05, 4.69) is 33.1 Å². The standard InChI is InChI=1S/C39H78O22P4S/c1-2-3-4-5-6-7-8-9-11-15-18-21-24-27-33(41)57-31(29-55-32(40)26-23-20-17-14-12-10-13-16-19-22-25-28-66)30-56-65(53,54)61-36-34(42)37(58-62(44,45)46)39(60-64(50,51)52)38(35(36)43)59-63(47,48)49/h31,34-39,42-43,66H,2-30H2,1H3,(H,53,54)(H2,44,45,46)(H2,47,48,49)(H2,50,51,52)/t31-,34-,35?,36?,37-,38+,39?/m1/s1. The first-order valence-electron chi connectivity index (χ1n) is 23.2. The van der Waals surface area contributed by atoms with Crippen LogP contribution in [0.15, 0.2) is 0 Å². The highest BCUT2D eigenvalue weighted by atomic mass is 32.1. The molecule has 22 nitrogen and oxygen atoms in total. The monoisotopic (exact) mass is 1050 g/mol. The van der Waals surface area contributed by atoms with E-state index in [1.54, 1.807) is 0 Å². The third kappa shape index (κ3) is 32.5. The number of aliphatic hydroxyl groups is 2. The topological polar surface area (TPSA) is 349 Å². The molecule has 0 amide bonds. The lowest BCUT2D eigenvalue weighted by molar-refractivity contribution is -0.209. The number of hydrogen-bond acceptors (Lipinski definition) is 16. The molecule has 0 aromatic carbocycles. The number of carbonyl (C=O) groups is 2. The lowest BCUT2D eigenvalue weighted by atomic mass is 9.85. The molecule has 1 saturated carbocycles. The molecule has 0 saturated heterocycles. The summed E-state index contributed by atoms with van der Waals surface area (Å²) in [7, 11) is -23.0. The zero-order valence-corrected chi connectivity index (χ0v) is 42.6. The number of ether oxygens (including phenoxy) is 2. The van der Waals surface area contributed by atoms with Crippen LogP contribution in [0.4, 0.5) is 0 Å². The summed E-state index contributed by atoms with van der Waals surface area (Å²) in [6.07, 6.45) is 7.39. The Labute approximate surface area is 394 Å². The van der Waals surface area contributed by atoms with E-state index in [4.69, 9.17) is 18.5 Å². The van der Waals surface area contributed by atoms with Gasteiger partial charge in [0.25, 0.3) is 0 Å². The molecular weight excluding hydrogens is 976 g/mol. The smallest absolute Gasteiger partial charge is 0.462 e. The molecule has 0 spiro atoms. The quantitative estimate of drug-likeness (QED) is 0.0125. The average molecular weight is 1050 g/mol. The number of unbranched alkanes of at least 4 members (excludes halogenated alkanes) is 22. The molecule has 0 aromatic rings. The highest BCUT2D eigenvalue weighted by molar-refractivity contribution is 7.80. The van der Waals surface area contributed by atoms with Gasteiger partial charge >= 0.3 is 43.2 Å². The second-order valence-electron chi connectivity index (χ2n) is 16.6. The highest BCUT2D eigenvalue weighted by Gasteiger charge is 2.59. The molecule has 0 aliphatic heterocycles. The van der Waals surface area contributed by atoms with E-state index >= 15 is 0 Å². The van der Waals surface area contributed by atoms with Crippen molar-refractivity contribution in [3.05, 3.63) is 0 Å². The molecule has 0 bridgehead atoms. The van der Waals surface area contributed by atoms with Crippen LogP contribution < -0.4 is 0 Å². The summed E-state index contributed by atoms with van der Waals surface area (Å²) in [5, 5.41) is 21.8. The van der Waals surface area contributed by atoms with Crippen molar-refractivity contribution >= 4 is 55.9 Å². The van der Waals surface area contributed by atoms with Gasteiger partial charge < -0.3 is 53.9 Å². The molecule has 1 fully saturated rings. The van der Waals surface area contributed by atoms with E-state index in [0.717, 1.165) is 76.4 Å². The van der Waals surface area contributed by atoms with Gasteiger partial charge in [0, 0.05) is 12.8 Å². The Morgan fingerprint density at radius 1 is 0.470 bits per heavy atom. The summed E-state index contributed by atoms with van der Waals surface area (Å²) in [5.74, 6) is -0.494. The first kappa shape index (κ1) is 63.7. The van der Waals surface area contributed by atoms with E-state index in [0.29, 0.717) is 12.8 Å². The first-order chi connectivity index (χ1) is 31.0. The predicted molar refractivity (Wildman–Crippen MR) is 244 cm³/mol. The number of thiol groups is 1. The number of phosphoric ester groups is 4. The minimum Gasteiger partial charge on any atom is -0.462 e. The van der Waals surface area contributed by atoms with Crippen LogP contribution in [0.2, 0.25) is 0 Å². The molecule has 1 aliphatic carbocycles. The molecule has 27 heteroatoms. The normalized spacial score (nSPS) is 21.9. The van der Waals surface area contributed by atoms with Gasteiger partial charge in [0.2, 0.25) is 0 Å². The molecule has 0 heterocycles. The predicted octanol–water partition coefficient (Wildman–Crippen LogP) is 7.21. The lowest BCUT2D eigenvalue weighted by Gasteiger charge is -2.45. The van der Waals surface area contributed by atoms with Crippen LogP contribution in [0.25, 0.3) is 0 Å². The van der Waals surface area contributed by atoms with Gasteiger partial charge in [-0.25, -0.2) is 18.3 Å². The Morgan fingerprint density at radius 2 is 0.818 bits per heavy atom. The van der Waals surface area contributed by atoms with Crippen LogP contribution >= 0.6 is 43.9 Å². The molecule has 1 rings (SSSR count). The Balaban J connectivity index is 2.93. The molecule has 0 radical (unpaired) electrons. The second kappa shape index (κ2) is 34.9. The highest BCUT2D eigenvalue weighted by Crippen LogP contribution is 2.53. The Hall–Kier alpha value is -0.350. The van der Waals surface area contributed by atoms with Crippen LogP contribution in [0, 0.1) is 0 Å². The summed E-state index contributed by atoms with van der Waals surface area (Å²) in [6, 6.07) is 0. The van der Waals surface area contributed by atoms with Crippen LogP contribution in [0.3, 0.4) is 0 Å². The van der Waals surface area contributed by atoms with Crippen molar-refractivity contribution in [3.8, 4) is 0 Å². The fourth-order valence-corrected chi connectivity index (χ4v) is 10.2. The fourth-order valence-electron chi connectivity index (χ4n) is 7.36. The van der Waals surface area contributed by atoms with Crippen molar-refractivity contribution in [1.29, 1.82) is 0 Å².